The number of amides is 2. The van der Waals surface area contributed by atoms with E-state index in [2.05, 4.69) is 22.7 Å². The summed E-state index contributed by atoms with van der Waals surface area (Å²) in [6.07, 6.45) is 2.63. The minimum absolute atomic E-state index is 0.0734. The lowest BCUT2D eigenvalue weighted by molar-refractivity contribution is -0.125. The summed E-state index contributed by atoms with van der Waals surface area (Å²) in [7, 11) is 0. The number of carbonyl (C=O) groups is 2. The van der Waals surface area contributed by atoms with Gasteiger partial charge in [-0.15, -0.1) is 0 Å². The van der Waals surface area contributed by atoms with Gasteiger partial charge in [-0.1, -0.05) is 43.3 Å². The van der Waals surface area contributed by atoms with Crippen LogP contribution in [0.15, 0.2) is 54.7 Å². The first kappa shape index (κ1) is 15.8. The van der Waals surface area contributed by atoms with Gasteiger partial charge in [0.1, 0.15) is 11.2 Å². The minimum Gasteiger partial charge on any atom is -0.325 e. The minimum atomic E-state index is -1.03. The van der Waals surface area contributed by atoms with Crippen molar-refractivity contribution >= 4 is 23.3 Å². The van der Waals surface area contributed by atoms with E-state index in [-0.39, 0.29) is 18.2 Å². The molecule has 0 saturated carbocycles. The zero-order valence-corrected chi connectivity index (χ0v) is 14.8. The highest BCUT2D eigenvalue weighted by Crippen LogP contribution is 2.50. The predicted molar refractivity (Wildman–Crippen MR) is 102 cm³/mol. The van der Waals surface area contributed by atoms with Crippen LogP contribution in [-0.2, 0) is 21.4 Å². The molecule has 1 aromatic heterocycles. The second-order valence-electron chi connectivity index (χ2n) is 6.93. The molecule has 2 aromatic carbocycles. The first-order valence-electron chi connectivity index (χ1n) is 9.02. The van der Waals surface area contributed by atoms with E-state index < -0.39 is 5.41 Å². The van der Waals surface area contributed by atoms with Gasteiger partial charge < -0.3 is 10.6 Å². The van der Waals surface area contributed by atoms with E-state index in [0.29, 0.717) is 5.82 Å². The number of hydrogen-bond acceptors (Lipinski definition) is 3. The molecule has 5 rings (SSSR count). The van der Waals surface area contributed by atoms with Crippen LogP contribution in [0.3, 0.4) is 0 Å². The van der Waals surface area contributed by atoms with Gasteiger partial charge in [-0.2, -0.15) is 5.10 Å². The van der Waals surface area contributed by atoms with Gasteiger partial charge in [-0.3, -0.25) is 9.59 Å². The Labute approximate surface area is 156 Å². The number of aryl methyl sites for hydroxylation is 1. The maximum atomic E-state index is 13.1. The Hall–Kier alpha value is -3.41. The largest absolute Gasteiger partial charge is 0.325 e. The van der Waals surface area contributed by atoms with Crippen molar-refractivity contribution in [1.82, 2.24) is 9.78 Å². The van der Waals surface area contributed by atoms with Gasteiger partial charge in [0.15, 0.2) is 0 Å². The third-order valence-electron chi connectivity index (χ3n) is 5.54. The molecule has 0 radical (unpaired) electrons. The highest BCUT2D eigenvalue weighted by molar-refractivity contribution is 6.14. The van der Waals surface area contributed by atoms with Crippen LogP contribution in [0.25, 0.3) is 5.69 Å². The molecule has 3 heterocycles. The third kappa shape index (κ3) is 2.04. The van der Waals surface area contributed by atoms with E-state index in [0.717, 1.165) is 34.5 Å². The summed E-state index contributed by atoms with van der Waals surface area (Å²) in [5.74, 6) is 0.201. The van der Waals surface area contributed by atoms with Crippen molar-refractivity contribution in [2.75, 3.05) is 10.6 Å². The Morgan fingerprint density at radius 1 is 1.04 bits per heavy atom. The fourth-order valence-corrected chi connectivity index (χ4v) is 4.25. The Bertz CT molecular complexity index is 1100. The lowest BCUT2D eigenvalue weighted by atomic mass is 9.72. The van der Waals surface area contributed by atoms with Crippen molar-refractivity contribution in [2.24, 2.45) is 0 Å². The molecule has 1 spiro atoms. The Kier molecular flexibility index (Phi) is 3.25. The molecule has 27 heavy (non-hydrogen) atoms. The van der Waals surface area contributed by atoms with Gasteiger partial charge in [0.25, 0.3) is 0 Å². The zero-order valence-electron chi connectivity index (χ0n) is 14.8. The van der Waals surface area contributed by atoms with Crippen molar-refractivity contribution in [3.8, 4) is 5.69 Å². The highest BCUT2D eigenvalue weighted by Gasteiger charge is 2.54. The number of rotatable bonds is 2. The number of nitrogens with zero attached hydrogens (tertiary/aromatic N) is 2. The van der Waals surface area contributed by atoms with Gasteiger partial charge in [-0.05, 0) is 29.7 Å². The number of carbonyl (C=O) groups excluding carboxylic acids is 2. The molecule has 2 N–H and O–H groups in total. The molecule has 2 aliphatic rings. The molecule has 2 amide bonds. The smallest absolute Gasteiger partial charge is 0.240 e. The van der Waals surface area contributed by atoms with Crippen LogP contribution in [0.1, 0.15) is 30.0 Å². The van der Waals surface area contributed by atoms with Crippen LogP contribution < -0.4 is 10.6 Å². The van der Waals surface area contributed by atoms with Crippen LogP contribution in [0.5, 0.6) is 0 Å². The van der Waals surface area contributed by atoms with Crippen molar-refractivity contribution in [2.45, 2.75) is 25.2 Å². The maximum Gasteiger partial charge on any atom is 0.240 e. The third-order valence-corrected chi connectivity index (χ3v) is 5.54. The van der Waals surface area contributed by atoms with E-state index >= 15 is 0 Å². The summed E-state index contributed by atoms with van der Waals surface area (Å²) in [6.45, 7) is 2.08. The Morgan fingerprint density at radius 2 is 1.81 bits per heavy atom. The first-order valence-corrected chi connectivity index (χ1v) is 9.02. The van der Waals surface area contributed by atoms with Crippen LogP contribution in [0.4, 0.5) is 11.5 Å². The summed E-state index contributed by atoms with van der Waals surface area (Å²) in [5, 5.41) is 10.4. The SMILES string of the molecule is CCc1ccccc1-n1ncc2c1NC(=O)CC21C(=O)Nc2ccccc21. The number of fused-ring (bicyclic) bond motifs is 4. The highest BCUT2D eigenvalue weighted by atomic mass is 16.2. The monoisotopic (exact) mass is 358 g/mol. The molecular weight excluding hydrogens is 340 g/mol. The standard InChI is InChI=1S/C21H18N4O2/c1-2-13-7-3-6-10-17(13)25-19-15(12-22-25)21(11-18(26)24-19)14-8-4-5-9-16(14)23-20(21)27/h3-10,12H,2,11H2,1H3,(H,23,27)(H,24,26). The molecular formula is C21H18N4O2. The van der Waals surface area contributed by atoms with Crippen LogP contribution in [-0.4, -0.2) is 21.6 Å². The molecule has 134 valence electrons. The average Bonchev–Trinajstić information content (AvgIpc) is 3.22. The number of hydrogen-bond donors (Lipinski definition) is 2. The number of anilines is 2. The molecule has 1 unspecified atom stereocenters. The second kappa shape index (κ2) is 5.54. The Balaban J connectivity index is 1.77. The molecule has 0 bridgehead atoms. The first-order chi connectivity index (χ1) is 13.1. The average molecular weight is 358 g/mol. The lowest BCUT2D eigenvalue weighted by Gasteiger charge is -2.31. The molecule has 0 aliphatic carbocycles. The molecule has 6 heteroatoms. The fourth-order valence-electron chi connectivity index (χ4n) is 4.25. The summed E-state index contributed by atoms with van der Waals surface area (Å²) in [4.78, 5) is 25.7. The second-order valence-corrected chi connectivity index (χ2v) is 6.93. The summed E-state index contributed by atoms with van der Waals surface area (Å²) < 4.78 is 1.74. The molecule has 6 nitrogen and oxygen atoms in total. The van der Waals surface area contributed by atoms with Gasteiger partial charge in [0, 0.05) is 17.7 Å². The van der Waals surface area contributed by atoms with Gasteiger partial charge in [0.2, 0.25) is 11.8 Å². The molecule has 3 aromatic rings. The molecule has 1 atom stereocenters. The maximum absolute atomic E-state index is 13.1. The number of aromatic nitrogens is 2. The zero-order chi connectivity index (χ0) is 18.6. The van der Waals surface area contributed by atoms with Crippen molar-refractivity contribution in [1.29, 1.82) is 0 Å². The summed E-state index contributed by atoms with van der Waals surface area (Å²) in [6, 6.07) is 15.5. The van der Waals surface area contributed by atoms with Gasteiger partial charge >= 0.3 is 0 Å². The van der Waals surface area contributed by atoms with Gasteiger partial charge in [-0.25, -0.2) is 4.68 Å². The number of nitrogens with one attached hydrogen (secondary N) is 2. The van der Waals surface area contributed by atoms with E-state index in [9.17, 15) is 9.59 Å². The van der Waals surface area contributed by atoms with E-state index in [1.807, 2.05) is 48.5 Å². The van der Waals surface area contributed by atoms with Crippen molar-refractivity contribution < 1.29 is 9.59 Å². The van der Waals surface area contributed by atoms with Gasteiger partial charge in [0.05, 0.1) is 11.9 Å². The van der Waals surface area contributed by atoms with Crippen LogP contribution in [0.2, 0.25) is 0 Å². The number of para-hydroxylation sites is 2. The normalized spacial score (nSPS) is 20.2. The topological polar surface area (TPSA) is 76.0 Å². The van der Waals surface area contributed by atoms with Crippen molar-refractivity contribution in [3.63, 3.8) is 0 Å². The van der Waals surface area contributed by atoms with Crippen LogP contribution >= 0.6 is 0 Å². The van der Waals surface area contributed by atoms with E-state index in [1.165, 1.54) is 0 Å². The Morgan fingerprint density at radius 3 is 2.67 bits per heavy atom. The molecule has 2 aliphatic heterocycles. The molecule has 0 saturated heterocycles. The lowest BCUT2D eigenvalue weighted by Crippen LogP contribution is -2.43. The summed E-state index contributed by atoms with van der Waals surface area (Å²) in [5.41, 5.74) is 3.31. The van der Waals surface area contributed by atoms with Crippen molar-refractivity contribution in [3.05, 3.63) is 71.4 Å². The number of benzene rings is 2. The summed E-state index contributed by atoms with van der Waals surface area (Å²) >= 11 is 0. The fraction of sp³-hybridized carbons (Fsp3) is 0.190. The van der Waals surface area contributed by atoms with Crippen LogP contribution in [0, 0.1) is 0 Å². The predicted octanol–water partition coefficient (Wildman–Crippen LogP) is 3.02. The quantitative estimate of drug-likeness (QED) is 0.739. The van der Waals surface area contributed by atoms with E-state index in [4.69, 9.17) is 0 Å². The molecule has 0 fully saturated rings. The van der Waals surface area contributed by atoms with E-state index in [1.54, 1.807) is 10.9 Å².